The average Bonchev–Trinajstić information content (AvgIpc) is 3.05. The number of aryl methyl sites for hydroxylation is 1. The number of halogens is 3. The van der Waals surface area contributed by atoms with E-state index in [4.69, 9.17) is 9.84 Å². The highest BCUT2D eigenvalue weighted by Gasteiger charge is 2.40. The quantitative estimate of drug-likeness (QED) is 0.600. The molecule has 7 nitrogen and oxygen atoms in total. The summed E-state index contributed by atoms with van der Waals surface area (Å²) in [5.41, 5.74) is 0.417. The Morgan fingerprint density at radius 1 is 1.25 bits per heavy atom. The lowest BCUT2D eigenvalue weighted by Gasteiger charge is -2.36. The van der Waals surface area contributed by atoms with Crippen molar-refractivity contribution in [3.05, 3.63) is 51.8 Å². The van der Waals surface area contributed by atoms with E-state index in [9.17, 15) is 27.9 Å². The highest BCUT2D eigenvalue weighted by Crippen LogP contribution is 2.39. The fourth-order valence-electron chi connectivity index (χ4n) is 5.41. The zero-order valence-electron chi connectivity index (χ0n) is 20.8. The number of carboxylic acid groups (broad SMARTS) is 1. The number of rotatable bonds is 6. The van der Waals surface area contributed by atoms with Crippen LogP contribution >= 0.6 is 0 Å². The Labute approximate surface area is 208 Å². The monoisotopic (exact) mass is 507 g/mol. The minimum absolute atomic E-state index is 0.0970. The van der Waals surface area contributed by atoms with Crippen LogP contribution in [-0.4, -0.2) is 46.5 Å². The fraction of sp³-hybridized carbons (Fsp3) is 0.577. The van der Waals surface area contributed by atoms with Crippen molar-refractivity contribution in [1.82, 2.24) is 15.1 Å². The number of aromatic carboxylic acids is 1. The molecule has 196 valence electrons. The largest absolute Gasteiger partial charge is 0.478 e. The third-order valence-corrected chi connectivity index (χ3v) is 7.32. The number of aromatic nitrogens is 2. The summed E-state index contributed by atoms with van der Waals surface area (Å²) in [6.45, 7) is 7.81. The number of nitrogens with one attached hydrogen (secondary N) is 1. The molecule has 0 unspecified atom stereocenters. The van der Waals surface area contributed by atoms with Gasteiger partial charge in [-0.3, -0.25) is 9.48 Å². The van der Waals surface area contributed by atoms with Crippen LogP contribution in [0.25, 0.3) is 0 Å². The van der Waals surface area contributed by atoms with Crippen LogP contribution in [0.2, 0.25) is 0 Å². The molecule has 4 rings (SSSR count). The summed E-state index contributed by atoms with van der Waals surface area (Å²) in [7, 11) is 0. The number of benzene rings is 1. The SMILES string of the molecule is CCc1nn(CC(C)(C)Cc2cc(C(F)(F)F)ccc2C(=O)O)c2c1C(=O)NCC1(CCOCC1)C2. The number of carbonyl (C=O) groups excluding carboxylic acids is 1. The molecule has 3 heterocycles. The topological polar surface area (TPSA) is 93.5 Å². The molecule has 0 aliphatic carbocycles. The molecule has 1 fully saturated rings. The van der Waals surface area contributed by atoms with Gasteiger partial charge in [0.1, 0.15) is 0 Å². The molecule has 0 saturated carbocycles. The first-order valence-corrected chi connectivity index (χ1v) is 12.2. The maximum absolute atomic E-state index is 13.4. The third kappa shape index (κ3) is 5.28. The van der Waals surface area contributed by atoms with Crippen molar-refractivity contribution in [1.29, 1.82) is 0 Å². The number of nitrogens with zero attached hydrogens (tertiary/aromatic N) is 2. The van der Waals surface area contributed by atoms with Crippen LogP contribution < -0.4 is 5.32 Å². The zero-order valence-corrected chi connectivity index (χ0v) is 20.8. The number of hydrogen-bond donors (Lipinski definition) is 2. The number of hydrogen-bond acceptors (Lipinski definition) is 4. The van der Waals surface area contributed by atoms with Gasteiger partial charge in [0.2, 0.25) is 0 Å². The summed E-state index contributed by atoms with van der Waals surface area (Å²) >= 11 is 0. The number of ether oxygens (including phenoxy) is 1. The predicted molar refractivity (Wildman–Crippen MR) is 126 cm³/mol. The second kappa shape index (κ2) is 9.53. The van der Waals surface area contributed by atoms with Gasteiger partial charge in [0.05, 0.1) is 28.1 Å². The van der Waals surface area contributed by atoms with Gasteiger partial charge in [0.25, 0.3) is 5.91 Å². The molecule has 1 aromatic heterocycles. The zero-order chi connectivity index (χ0) is 26.3. The Balaban J connectivity index is 1.69. The van der Waals surface area contributed by atoms with E-state index in [1.807, 2.05) is 25.5 Å². The smallest absolute Gasteiger partial charge is 0.416 e. The molecule has 0 atom stereocenters. The number of carbonyl (C=O) groups is 2. The summed E-state index contributed by atoms with van der Waals surface area (Å²) in [6.07, 6.45) is -1.63. The predicted octanol–water partition coefficient (Wildman–Crippen LogP) is 4.51. The molecule has 0 radical (unpaired) electrons. The van der Waals surface area contributed by atoms with Crippen molar-refractivity contribution in [2.75, 3.05) is 19.8 Å². The maximum atomic E-state index is 13.4. The van der Waals surface area contributed by atoms with Crippen LogP contribution in [0.3, 0.4) is 0 Å². The van der Waals surface area contributed by atoms with E-state index in [1.54, 1.807) is 0 Å². The van der Waals surface area contributed by atoms with Crippen LogP contribution in [0.15, 0.2) is 18.2 Å². The van der Waals surface area contributed by atoms with Gasteiger partial charge in [-0.2, -0.15) is 18.3 Å². The second-order valence-electron chi connectivity index (χ2n) is 10.8. The van der Waals surface area contributed by atoms with E-state index in [1.165, 1.54) is 0 Å². The Kier molecular flexibility index (Phi) is 6.94. The summed E-state index contributed by atoms with van der Waals surface area (Å²) in [6, 6.07) is 2.74. The van der Waals surface area contributed by atoms with Crippen molar-refractivity contribution in [2.45, 2.75) is 65.6 Å². The van der Waals surface area contributed by atoms with Crippen molar-refractivity contribution in [3.8, 4) is 0 Å². The molecular weight excluding hydrogens is 475 g/mol. The minimum Gasteiger partial charge on any atom is -0.478 e. The highest BCUT2D eigenvalue weighted by molar-refractivity contribution is 5.97. The normalized spacial score (nSPS) is 18.0. The van der Waals surface area contributed by atoms with Gasteiger partial charge in [0, 0.05) is 26.3 Å². The van der Waals surface area contributed by atoms with Gasteiger partial charge < -0.3 is 15.2 Å². The molecule has 2 aliphatic rings. The van der Waals surface area contributed by atoms with E-state index in [2.05, 4.69) is 5.32 Å². The summed E-state index contributed by atoms with van der Waals surface area (Å²) in [4.78, 5) is 24.8. The van der Waals surface area contributed by atoms with E-state index in [-0.39, 0.29) is 28.9 Å². The molecule has 1 aromatic carbocycles. The van der Waals surface area contributed by atoms with Crippen LogP contribution in [0, 0.1) is 10.8 Å². The molecule has 10 heteroatoms. The Morgan fingerprint density at radius 3 is 2.56 bits per heavy atom. The molecule has 1 amide bonds. The Bertz CT molecular complexity index is 1160. The first kappa shape index (κ1) is 26.2. The summed E-state index contributed by atoms with van der Waals surface area (Å²) in [5, 5.41) is 17.4. The first-order chi connectivity index (χ1) is 16.8. The molecule has 0 bridgehead atoms. The first-order valence-electron chi connectivity index (χ1n) is 12.2. The molecular formula is C26H32F3N3O4. The molecule has 1 spiro atoms. The number of carboxylic acids is 1. The van der Waals surface area contributed by atoms with Crippen LogP contribution in [-0.2, 0) is 36.7 Å². The Hall–Kier alpha value is -2.88. The fourth-order valence-corrected chi connectivity index (χ4v) is 5.41. The van der Waals surface area contributed by atoms with Crippen molar-refractivity contribution in [3.63, 3.8) is 0 Å². The molecule has 1 saturated heterocycles. The number of amides is 1. The van der Waals surface area contributed by atoms with Gasteiger partial charge in [-0.15, -0.1) is 0 Å². The van der Waals surface area contributed by atoms with Gasteiger partial charge in [0.15, 0.2) is 0 Å². The second-order valence-corrected chi connectivity index (χ2v) is 10.8. The minimum atomic E-state index is -4.57. The summed E-state index contributed by atoms with van der Waals surface area (Å²) < 4.78 is 47.4. The van der Waals surface area contributed by atoms with E-state index in [0.29, 0.717) is 50.4 Å². The lowest BCUT2D eigenvalue weighted by Crippen LogP contribution is -2.41. The molecule has 36 heavy (non-hydrogen) atoms. The molecule has 2 N–H and O–H groups in total. The van der Waals surface area contributed by atoms with E-state index in [0.717, 1.165) is 36.7 Å². The Morgan fingerprint density at radius 2 is 1.94 bits per heavy atom. The molecule has 2 aliphatic heterocycles. The summed E-state index contributed by atoms with van der Waals surface area (Å²) in [5.74, 6) is -1.42. The lowest BCUT2D eigenvalue weighted by molar-refractivity contribution is -0.137. The number of fused-ring (bicyclic) bond motifs is 1. The third-order valence-electron chi connectivity index (χ3n) is 7.32. The van der Waals surface area contributed by atoms with E-state index < -0.39 is 23.1 Å². The van der Waals surface area contributed by atoms with Gasteiger partial charge >= 0.3 is 12.1 Å². The average molecular weight is 508 g/mol. The van der Waals surface area contributed by atoms with Crippen LogP contribution in [0.4, 0.5) is 13.2 Å². The van der Waals surface area contributed by atoms with Gasteiger partial charge in [-0.25, -0.2) is 4.79 Å². The highest BCUT2D eigenvalue weighted by atomic mass is 19.4. The number of alkyl halides is 3. The van der Waals surface area contributed by atoms with Gasteiger partial charge in [-0.05, 0) is 66.7 Å². The van der Waals surface area contributed by atoms with Crippen molar-refractivity contribution < 1.29 is 32.6 Å². The maximum Gasteiger partial charge on any atom is 0.416 e. The standard InChI is InChI=1S/C26H32F3N3O4/c1-4-19-21-20(13-25(14-30-22(21)33)7-9-36-10-8-25)32(31-19)15-24(2,3)12-16-11-17(26(27,28)29)5-6-18(16)23(34)35/h5-6,11H,4,7-10,12-15H2,1-3H3,(H,30,33)(H,34,35). The van der Waals surface area contributed by atoms with Crippen LogP contribution in [0.5, 0.6) is 0 Å². The van der Waals surface area contributed by atoms with Crippen molar-refractivity contribution in [2.24, 2.45) is 10.8 Å². The van der Waals surface area contributed by atoms with Gasteiger partial charge in [-0.1, -0.05) is 20.8 Å². The van der Waals surface area contributed by atoms with E-state index >= 15 is 0 Å². The lowest BCUT2D eigenvalue weighted by atomic mass is 9.76. The molecule has 2 aromatic rings. The van der Waals surface area contributed by atoms with Crippen molar-refractivity contribution >= 4 is 11.9 Å². The van der Waals surface area contributed by atoms with Crippen LogP contribution in [0.1, 0.15) is 76.8 Å².